The van der Waals surface area contributed by atoms with E-state index in [1.54, 1.807) is 15.9 Å². The minimum absolute atomic E-state index is 0.705. The number of nitrogens with one attached hydrogen (secondary N) is 1. The molecule has 0 amide bonds. The van der Waals surface area contributed by atoms with Crippen molar-refractivity contribution in [1.29, 1.82) is 0 Å². The Morgan fingerprint density at radius 1 is 1.17 bits per heavy atom. The fraction of sp³-hybridized carbons (Fsp3) is 0.250. The number of aryl methyl sites for hydroxylation is 2. The van der Waals surface area contributed by atoms with Gasteiger partial charge in [0.15, 0.2) is 5.82 Å². The molecule has 2 heterocycles. The lowest BCUT2D eigenvalue weighted by Gasteiger charge is -2.03. The summed E-state index contributed by atoms with van der Waals surface area (Å²) in [5.41, 5.74) is 2.36. The maximum absolute atomic E-state index is 4.45. The molecule has 5 nitrogen and oxygen atoms in total. The molecule has 0 saturated heterocycles. The minimum Gasteiger partial charge on any atom is -0.378 e. The summed E-state index contributed by atoms with van der Waals surface area (Å²) in [5.74, 6) is 0.822. The van der Waals surface area contributed by atoms with Gasteiger partial charge in [-0.3, -0.25) is 0 Å². The van der Waals surface area contributed by atoms with E-state index in [-0.39, 0.29) is 0 Å². The van der Waals surface area contributed by atoms with Crippen LogP contribution < -0.4 is 5.32 Å². The van der Waals surface area contributed by atoms with Gasteiger partial charge in [-0.25, -0.2) is 0 Å². The van der Waals surface area contributed by atoms with Crippen LogP contribution >= 0.6 is 11.3 Å². The summed E-state index contributed by atoms with van der Waals surface area (Å²) in [4.78, 5) is 0.841. The van der Waals surface area contributed by atoms with E-state index >= 15 is 0 Å². The zero-order chi connectivity index (χ0) is 12.5. The van der Waals surface area contributed by atoms with Gasteiger partial charge in [0.1, 0.15) is 5.01 Å². The normalized spacial score (nSPS) is 11.0. The Kier molecular flexibility index (Phi) is 2.71. The molecule has 0 saturated carbocycles. The fourth-order valence-corrected chi connectivity index (χ4v) is 2.49. The van der Waals surface area contributed by atoms with Gasteiger partial charge in [-0.2, -0.15) is 9.61 Å². The molecule has 0 radical (unpaired) electrons. The van der Waals surface area contributed by atoms with Crippen LogP contribution in [-0.4, -0.2) is 19.8 Å². The number of hydrogen-bond acceptors (Lipinski definition) is 5. The average Bonchev–Trinajstić information content (AvgIpc) is 2.91. The molecule has 0 atom stereocenters. The number of benzene rings is 1. The average molecular weight is 259 g/mol. The van der Waals surface area contributed by atoms with Crippen LogP contribution in [0.3, 0.4) is 0 Å². The van der Waals surface area contributed by atoms with Crippen LogP contribution in [0, 0.1) is 13.8 Å². The summed E-state index contributed by atoms with van der Waals surface area (Å²) in [6.45, 7) is 4.68. The third kappa shape index (κ3) is 2.06. The van der Waals surface area contributed by atoms with Gasteiger partial charge in [0.05, 0.1) is 6.54 Å². The van der Waals surface area contributed by atoms with Gasteiger partial charge in [-0.1, -0.05) is 29.0 Å². The molecule has 0 bridgehead atoms. The smallest absolute Gasteiger partial charge is 0.234 e. The topological polar surface area (TPSA) is 55.1 Å². The Morgan fingerprint density at radius 2 is 1.94 bits per heavy atom. The van der Waals surface area contributed by atoms with E-state index in [0.29, 0.717) is 6.54 Å². The monoisotopic (exact) mass is 259 g/mol. The van der Waals surface area contributed by atoms with Crippen LogP contribution in [0.1, 0.15) is 16.4 Å². The van der Waals surface area contributed by atoms with Crippen molar-refractivity contribution in [3.05, 3.63) is 40.7 Å². The molecule has 18 heavy (non-hydrogen) atoms. The zero-order valence-electron chi connectivity index (χ0n) is 10.2. The highest BCUT2D eigenvalue weighted by Gasteiger charge is 2.07. The van der Waals surface area contributed by atoms with Crippen LogP contribution in [0.15, 0.2) is 24.3 Å². The number of hydrogen-bond donors (Lipinski definition) is 1. The number of rotatable bonds is 3. The van der Waals surface area contributed by atoms with Crippen LogP contribution in [-0.2, 0) is 6.54 Å². The van der Waals surface area contributed by atoms with E-state index < -0.39 is 0 Å². The van der Waals surface area contributed by atoms with Gasteiger partial charge in [-0.15, -0.1) is 10.2 Å². The van der Waals surface area contributed by atoms with Crippen molar-refractivity contribution in [2.75, 3.05) is 5.32 Å². The first kappa shape index (κ1) is 11.2. The maximum atomic E-state index is 4.45. The van der Waals surface area contributed by atoms with Crippen LogP contribution in [0.25, 0.3) is 4.96 Å². The molecule has 1 N–H and O–H groups in total. The predicted octanol–water partition coefficient (Wildman–Crippen LogP) is 2.41. The summed E-state index contributed by atoms with van der Waals surface area (Å²) in [7, 11) is 0. The van der Waals surface area contributed by atoms with Gasteiger partial charge in [0.25, 0.3) is 0 Å². The van der Waals surface area contributed by atoms with Gasteiger partial charge in [0, 0.05) is 5.69 Å². The first-order valence-corrected chi connectivity index (χ1v) is 6.52. The fourth-order valence-electron chi connectivity index (χ4n) is 1.67. The largest absolute Gasteiger partial charge is 0.378 e. The zero-order valence-corrected chi connectivity index (χ0v) is 11.0. The lowest BCUT2D eigenvalue weighted by atomic mass is 10.2. The van der Waals surface area contributed by atoms with Gasteiger partial charge in [0.2, 0.25) is 4.96 Å². The first-order valence-electron chi connectivity index (χ1n) is 5.70. The Bertz CT molecular complexity index is 667. The summed E-state index contributed by atoms with van der Waals surface area (Å²) < 4.78 is 1.77. The molecule has 2 aromatic heterocycles. The standard InChI is InChI=1S/C12H13N5S/c1-8-3-5-10(6-4-8)13-7-11-16-17-9(2)14-15-12(17)18-11/h3-6,13H,7H2,1-2H3. The molecule has 1 aromatic carbocycles. The molecule has 92 valence electrons. The summed E-state index contributed by atoms with van der Waals surface area (Å²) in [6, 6.07) is 8.32. The van der Waals surface area contributed by atoms with E-state index in [2.05, 4.69) is 51.8 Å². The third-order valence-electron chi connectivity index (χ3n) is 2.68. The van der Waals surface area contributed by atoms with Gasteiger partial charge >= 0.3 is 0 Å². The second-order valence-electron chi connectivity index (χ2n) is 4.16. The number of fused-ring (bicyclic) bond motifs is 1. The highest BCUT2D eigenvalue weighted by molar-refractivity contribution is 7.16. The number of nitrogens with zero attached hydrogens (tertiary/aromatic N) is 4. The van der Waals surface area contributed by atoms with Crippen molar-refractivity contribution in [1.82, 2.24) is 19.8 Å². The Morgan fingerprint density at radius 3 is 2.67 bits per heavy atom. The second-order valence-corrected chi connectivity index (χ2v) is 5.20. The van der Waals surface area contributed by atoms with Crippen molar-refractivity contribution in [3.63, 3.8) is 0 Å². The molecule has 0 aliphatic carbocycles. The molecule has 3 rings (SSSR count). The molecule has 0 fully saturated rings. The van der Waals surface area contributed by atoms with Crippen molar-refractivity contribution < 1.29 is 0 Å². The summed E-state index contributed by atoms with van der Waals surface area (Å²) >= 11 is 1.56. The molecule has 0 aliphatic heterocycles. The Hall–Kier alpha value is -1.95. The van der Waals surface area contributed by atoms with Crippen LogP contribution in [0.4, 0.5) is 5.69 Å². The second kappa shape index (κ2) is 4.38. The molecular weight excluding hydrogens is 246 g/mol. The van der Waals surface area contributed by atoms with Crippen LogP contribution in [0.5, 0.6) is 0 Å². The number of aromatic nitrogens is 4. The van der Waals surface area contributed by atoms with E-state index in [0.717, 1.165) is 21.5 Å². The molecule has 6 heteroatoms. The number of anilines is 1. The van der Waals surface area contributed by atoms with Gasteiger partial charge in [-0.05, 0) is 26.0 Å². The maximum Gasteiger partial charge on any atom is 0.234 e. The van der Waals surface area contributed by atoms with Crippen molar-refractivity contribution in [2.45, 2.75) is 20.4 Å². The van der Waals surface area contributed by atoms with E-state index in [1.165, 1.54) is 5.56 Å². The molecular formula is C12H13N5S. The highest BCUT2D eigenvalue weighted by atomic mass is 32.1. The first-order chi connectivity index (χ1) is 8.72. The summed E-state index contributed by atoms with van der Waals surface area (Å²) in [5, 5.41) is 16.8. The quantitative estimate of drug-likeness (QED) is 0.784. The third-order valence-corrected chi connectivity index (χ3v) is 3.58. The highest BCUT2D eigenvalue weighted by Crippen LogP contribution is 2.16. The predicted molar refractivity (Wildman–Crippen MR) is 71.9 cm³/mol. The lowest BCUT2D eigenvalue weighted by molar-refractivity contribution is 0.860. The van der Waals surface area contributed by atoms with E-state index in [4.69, 9.17) is 0 Å². The Balaban J connectivity index is 1.74. The molecule has 0 aliphatic rings. The van der Waals surface area contributed by atoms with Crippen molar-refractivity contribution in [2.24, 2.45) is 0 Å². The Labute approximate surface area is 108 Å². The minimum atomic E-state index is 0.705. The van der Waals surface area contributed by atoms with E-state index in [9.17, 15) is 0 Å². The SMILES string of the molecule is Cc1ccc(NCc2nn3c(C)nnc3s2)cc1. The lowest BCUT2D eigenvalue weighted by Crippen LogP contribution is -2.00. The van der Waals surface area contributed by atoms with Crippen molar-refractivity contribution >= 4 is 22.0 Å². The van der Waals surface area contributed by atoms with E-state index in [1.807, 2.05) is 6.92 Å². The van der Waals surface area contributed by atoms with Crippen molar-refractivity contribution in [3.8, 4) is 0 Å². The van der Waals surface area contributed by atoms with Crippen LogP contribution in [0.2, 0.25) is 0 Å². The van der Waals surface area contributed by atoms with Gasteiger partial charge < -0.3 is 5.32 Å². The molecule has 0 spiro atoms. The molecule has 0 unspecified atom stereocenters. The molecule has 3 aromatic rings. The summed E-state index contributed by atoms with van der Waals surface area (Å²) in [6.07, 6.45) is 0.